The Kier molecular flexibility index (Phi) is 19.1. The van der Waals surface area contributed by atoms with Gasteiger partial charge >= 0.3 is 0 Å². The summed E-state index contributed by atoms with van der Waals surface area (Å²) in [5, 5.41) is 12.9. The van der Waals surface area contributed by atoms with Gasteiger partial charge in [-0.3, -0.25) is 0 Å². The van der Waals surface area contributed by atoms with E-state index in [0.717, 1.165) is 0 Å². The molecule has 9 rings (SSSR count). The van der Waals surface area contributed by atoms with Crippen LogP contribution in [0.4, 0.5) is 0 Å². The minimum Gasteiger partial charge on any atom is -0.147 e. The molecule has 0 bridgehead atoms. The van der Waals surface area contributed by atoms with E-state index in [4.69, 9.17) is 0 Å². The molecule has 5 heteroatoms. The summed E-state index contributed by atoms with van der Waals surface area (Å²) in [5.41, 5.74) is 0. The van der Waals surface area contributed by atoms with E-state index in [-0.39, 0.29) is 31.9 Å². The number of hydrogen-bond donors (Lipinski definition) is 0. The second kappa shape index (κ2) is 25.0. The molecule has 9 aromatic rings. The predicted octanol–water partition coefficient (Wildman–Crippen LogP) is 9.95. The van der Waals surface area contributed by atoms with Crippen LogP contribution in [-0.2, 0) is 19.5 Å². The van der Waals surface area contributed by atoms with E-state index in [9.17, 15) is 0 Å². The standard InChI is InChI=1S/3C18H15P.ClH.Ru/c3*1-4-10-16(11-5-1)19(17-12-6-2-7-13-17)18-14-8-3-9-15-18;;/h3*1-15H;1H;/p+3. The van der Waals surface area contributed by atoms with Crippen molar-refractivity contribution >= 4 is 83.9 Å². The molecule has 0 atom stereocenters. The van der Waals surface area contributed by atoms with Gasteiger partial charge in [0.05, 0.1) is 23.8 Å². The molecule has 0 saturated carbocycles. The second-order valence-electron chi connectivity index (χ2n) is 13.4. The maximum absolute atomic E-state index is 2.24. The number of halogens is 1. The molecule has 0 unspecified atom stereocenters. The summed E-state index contributed by atoms with van der Waals surface area (Å²) in [6, 6.07) is 97.5. The molecule has 0 heterocycles. The van der Waals surface area contributed by atoms with Crippen LogP contribution in [0.15, 0.2) is 273 Å². The van der Waals surface area contributed by atoms with Crippen molar-refractivity contribution in [1.29, 1.82) is 0 Å². The zero-order valence-corrected chi connectivity index (χ0v) is 38.3. The van der Waals surface area contributed by atoms with Gasteiger partial charge in [-0.05, 0) is 109 Å². The molecule has 0 fully saturated rings. The summed E-state index contributed by atoms with van der Waals surface area (Å²) < 4.78 is 0. The van der Waals surface area contributed by atoms with Crippen LogP contribution in [-0.4, -0.2) is 0 Å². The summed E-state index contributed by atoms with van der Waals surface area (Å²) in [7, 11) is -2.63. The maximum atomic E-state index is 2.24. The van der Waals surface area contributed by atoms with Crippen LogP contribution in [0.3, 0.4) is 0 Å². The van der Waals surface area contributed by atoms with Crippen molar-refractivity contribution in [3.05, 3.63) is 273 Å². The maximum Gasteiger partial charge on any atom is 0.102 e. The molecular weight excluding hydrogens is 878 g/mol. The summed E-state index contributed by atoms with van der Waals surface area (Å²) >= 11 is 0. The van der Waals surface area contributed by atoms with Gasteiger partial charge in [0.15, 0.2) is 0 Å². The molecule has 0 aromatic heterocycles. The molecule has 0 radical (unpaired) electrons. The molecule has 292 valence electrons. The predicted molar refractivity (Wildman–Crippen MR) is 267 cm³/mol. The SMILES string of the molecule is Cl.[Ru].c1ccc([PH+](c2ccccc2)c2ccccc2)cc1.c1ccc([PH+](c2ccccc2)c2ccccc2)cc1.c1ccc([PH+](c2ccccc2)c2ccccc2)cc1. The van der Waals surface area contributed by atoms with Gasteiger partial charge in [-0.2, -0.15) is 0 Å². The summed E-state index contributed by atoms with van der Waals surface area (Å²) in [6.07, 6.45) is 0. The van der Waals surface area contributed by atoms with Crippen LogP contribution in [0.25, 0.3) is 0 Å². The average molecular weight is 927 g/mol. The van der Waals surface area contributed by atoms with Crippen LogP contribution in [0.1, 0.15) is 0 Å². The van der Waals surface area contributed by atoms with E-state index in [0.29, 0.717) is 0 Å². The zero-order valence-electron chi connectivity index (χ0n) is 32.7. The largest absolute Gasteiger partial charge is 0.147 e. The van der Waals surface area contributed by atoms with Gasteiger partial charge < -0.3 is 0 Å². The molecule has 0 aliphatic carbocycles. The third-order valence-electron chi connectivity index (χ3n) is 9.56. The molecule has 0 nitrogen and oxygen atoms in total. The van der Waals surface area contributed by atoms with Crippen molar-refractivity contribution in [2.75, 3.05) is 0 Å². The van der Waals surface area contributed by atoms with Gasteiger partial charge in [0.2, 0.25) is 0 Å². The Morgan fingerprint density at radius 2 is 0.237 bits per heavy atom. The Labute approximate surface area is 373 Å². The van der Waals surface area contributed by atoms with Gasteiger partial charge in [0.25, 0.3) is 0 Å². The third kappa shape index (κ3) is 13.1. The van der Waals surface area contributed by atoms with E-state index < -0.39 is 23.8 Å². The van der Waals surface area contributed by atoms with Crippen molar-refractivity contribution in [2.45, 2.75) is 0 Å². The van der Waals surface area contributed by atoms with Crippen LogP contribution < -0.4 is 47.7 Å². The fourth-order valence-corrected chi connectivity index (χ4v) is 14.7. The molecule has 0 N–H and O–H groups in total. The van der Waals surface area contributed by atoms with Crippen LogP contribution >= 0.6 is 36.2 Å². The fraction of sp³-hybridized carbons (Fsp3) is 0. The van der Waals surface area contributed by atoms with Gasteiger partial charge in [0, 0.05) is 19.5 Å². The molecule has 0 aliphatic rings. The average Bonchev–Trinajstić information content (AvgIpc) is 3.30. The molecule has 0 spiro atoms. The topological polar surface area (TPSA) is 0 Å². The minimum atomic E-state index is -0.877. The van der Waals surface area contributed by atoms with Crippen molar-refractivity contribution in [3.63, 3.8) is 0 Å². The second-order valence-corrected chi connectivity index (χ2v) is 20.9. The van der Waals surface area contributed by atoms with Gasteiger partial charge in [-0.1, -0.05) is 164 Å². The van der Waals surface area contributed by atoms with Gasteiger partial charge in [-0.25, -0.2) is 0 Å². The number of rotatable bonds is 9. The molecular formula is C54H49ClP3Ru+3. The first-order valence-electron chi connectivity index (χ1n) is 19.4. The quantitative estimate of drug-likeness (QED) is 0.100. The Bertz CT molecular complexity index is 1870. The summed E-state index contributed by atoms with van der Waals surface area (Å²) in [4.78, 5) is 0. The monoisotopic (exact) mass is 927 g/mol. The first-order valence-corrected chi connectivity index (χ1v) is 23.9. The van der Waals surface area contributed by atoms with Crippen molar-refractivity contribution in [3.8, 4) is 0 Å². The Balaban J connectivity index is 0.000000165. The third-order valence-corrected chi connectivity index (χ3v) is 17.8. The number of benzene rings is 9. The first-order chi connectivity index (χ1) is 28.3. The molecule has 0 aliphatic heterocycles. The van der Waals surface area contributed by atoms with Crippen LogP contribution in [0, 0.1) is 0 Å². The fourth-order valence-electron chi connectivity index (χ4n) is 6.94. The molecule has 59 heavy (non-hydrogen) atoms. The van der Waals surface area contributed by atoms with E-state index in [1.807, 2.05) is 0 Å². The summed E-state index contributed by atoms with van der Waals surface area (Å²) in [5.74, 6) is 0. The van der Waals surface area contributed by atoms with E-state index >= 15 is 0 Å². The number of hydrogen-bond acceptors (Lipinski definition) is 0. The smallest absolute Gasteiger partial charge is 0.102 e. The van der Waals surface area contributed by atoms with Crippen molar-refractivity contribution in [2.24, 2.45) is 0 Å². The minimum absolute atomic E-state index is 0. The molecule has 0 amide bonds. The Morgan fingerprint density at radius 3 is 0.322 bits per heavy atom. The van der Waals surface area contributed by atoms with Crippen LogP contribution in [0.2, 0.25) is 0 Å². The van der Waals surface area contributed by atoms with E-state index in [2.05, 4.69) is 273 Å². The summed E-state index contributed by atoms with van der Waals surface area (Å²) in [6.45, 7) is 0. The zero-order chi connectivity index (χ0) is 38.7. The Morgan fingerprint density at radius 1 is 0.153 bits per heavy atom. The van der Waals surface area contributed by atoms with Gasteiger partial charge in [-0.15, -0.1) is 12.4 Å². The molecule has 9 aromatic carbocycles. The van der Waals surface area contributed by atoms with Crippen LogP contribution in [0.5, 0.6) is 0 Å². The van der Waals surface area contributed by atoms with Crippen molar-refractivity contribution in [1.82, 2.24) is 0 Å². The Hall–Kier alpha value is -4.82. The normalized spacial score (nSPS) is 10.2. The van der Waals surface area contributed by atoms with E-state index in [1.54, 1.807) is 0 Å². The van der Waals surface area contributed by atoms with Gasteiger partial charge in [0.1, 0.15) is 47.7 Å². The molecule has 0 saturated heterocycles. The first kappa shape index (κ1) is 45.3. The van der Waals surface area contributed by atoms with Crippen molar-refractivity contribution < 1.29 is 19.5 Å². The van der Waals surface area contributed by atoms with E-state index in [1.165, 1.54) is 47.7 Å².